The maximum absolute atomic E-state index is 5.44. The molecule has 2 N–H and O–H groups in total. The maximum atomic E-state index is 5.44. The summed E-state index contributed by atoms with van der Waals surface area (Å²) in [5, 5.41) is 10.8. The molecular weight excluding hydrogens is 453 g/mol. The van der Waals surface area contributed by atoms with Crippen molar-refractivity contribution in [3.05, 3.63) is 47.9 Å². The SMILES string of the molecule is CCC(CC)c1cc(CNC(=NC)NCCN(C)c2ccccc2)on1.I. The van der Waals surface area contributed by atoms with Crippen LogP contribution in [0.25, 0.3) is 0 Å². The molecule has 7 heteroatoms. The van der Waals surface area contributed by atoms with Crippen molar-refractivity contribution in [1.29, 1.82) is 0 Å². The van der Waals surface area contributed by atoms with Crippen molar-refractivity contribution in [2.24, 2.45) is 4.99 Å². The van der Waals surface area contributed by atoms with E-state index in [1.807, 2.05) is 24.3 Å². The van der Waals surface area contributed by atoms with Gasteiger partial charge in [-0.3, -0.25) is 4.99 Å². The van der Waals surface area contributed by atoms with Crippen LogP contribution < -0.4 is 15.5 Å². The fourth-order valence-electron chi connectivity index (χ4n) is 2.86. The number of hydrogen-bond donors (Lipinski definition) is 2. The minimum atomic E-state index is 0. The van der Waals surface area contributed by atoms with Gasteiger partial charge in [0, 0.05) is 44.9 Å². The monoisotopic (exact) mass is 485 g/mol. The Balaban J connectivity index is 0.00000364. The number of anilines is 1. The van der Waals surface area contributed by atoms with E-state index in [1.165, 1.54) is 5.69 Å². The highest BCUT2D eigenvalue weighted by molar-refractivity contribution is 14.0. The summed E-state index contributed by atoms with van der Waals surface area (Å²) < 4.78 is 5.44. The lowest BCUT2D eigenvalue weighted by atomic mass is 9.99. The third-order valence-corrected chi connectivity index (χ3v) is 4.57. The standard InChI is InChI=1S/C20H31N5O.HI/c1-5-16(6-2)19-14-18(26-24-19)15-23-20(21-3)22-12-13-25(4)17-10-8-7-9-11-17;/h7-11,14,16H,5-6,12-13,15H2,1-4H3,(H2,21,22,23);1H. The zero-order valence-corrected chi connectivity index (χ0v) is 19.1. The van der Waals surface area contributed by atoms with Crippen LogP contribution in [0.2, 0.25) is 0 Å². The van der Waals surface area contributed by atoms with Crippen molar-refractivity contribution in [3.8, 4) is 0 Å². The van der Waals surface area contributed by atoms with Crippen LogP contribution in [-0.4, -0.2) is 38.3 Å². The van der Waals surface area contributed by atoms with Crippen molar-refractivity contribution >= 4 is 35.6 Å². The third kappa shape index (κ3) is 7.40. The van der Waals surface area contributed by atoms with Crippen LogP contribution in [0.4, 0.5) is 5.69 Å². The Kier molecular flexibility index (Phi) is 10.8. The van der Waals surface area contributed by atoms with E-state index in [2.05, 4.69) is 58.7 Å². The van der Waals surface area contributed by atoms with Gasteiger partial charge < -0.3 is 20.1 Å². The minimum Gasteiger partial charge on any atom is -0.373 e. The Hall–Kier alpha value is -1.77. The largest absolute Gasteiger partial charge is 0.373 e. The lowest BCUT2D eigenvalue weighted by molar-refractivity contribution is 0.368. The van der Waals surface area contributed by atoms with Crippen molar-refractivity contribution < 1.29 is 4.52 Å². The maximum Gasteiger partial charge on any atom is 0.191 e. The molecule has 2 aromatic rings. The average molecular weight is 485 g/mol. The molecule has 1 aromatic heterocycles. The summed E-state index contributed by atoms with van der Waals surface area (Å²) in [7, 11) is 3.85. The second-order valence-corrected chi connectivity index (χ2v) is 6.34. The molecule has 6 nitrogen and oxygen atoms in total. The molecule has 2 rings (SSSR count). The van der Waals surface area contributed by atoms with Crippen LogP contribution in [0.1, 0.15) is 44.1 Å². The smallest absolute Gasteiger partial charge is 0.191 e. The number of likely N-dealkylation sites (N-methyl/N-ethyl adjacent to an activating group) is 1. The van der Waals surface area contributed by atoms with Gasteiger partial charge in [0.15, 0.2) is 11.7 Å². The molecule has 0 fully saturated rings. The first-order valence-corrected chi connectivity index (χ1v) is 9.34. The zero-order chi connectivity index (χ0) is 18.8. The van der Waals surface area contributed by atoms with Gasteiger partial charge in [0.25, 0.3) is 0 Å². The van der Waals surface area contributed by atoms with Crippen LogP contribution >= 0.6 is 24.0 Å². The first-order chi connectivity index (χ1) is 12.7. The van der Waals surface area contributed by atoms with Crippen LogP contribution in [-0.2, 0) is 6.54 Å². The second-order valence-electron chi connectivity index (χ2n) is 6.34. The molecule has 0 saturated heterocycles. The van der Waals surface area contributed by atoms with Gasteiger partial charge in [0.2, 0.25) is 0 Å². The molecule has 0 aliphatic carbocycles. The van der Waals surface area contributed by atoms with E-state index in [4.69, 9.17) is 4.52 Å². The predicted molar refractivity (Wildman–Crippen MR) is 123 cm³/mol. The van der Waals surface area contributed by atoms with Gasteiger partial charge in [0.05, 0.1) is 12.2 Å². The number of nitrogens with one attached hydrogen (secondary N) is 2. The summed E-state index contributed by atoms with van der Waals surface area (Å²) in [4.78, 5) is 6.47. The molecule has 0 bridgehead atoms. The fourth-order valence-corrected chi connectivity index (χ4v) is 2.86. The third-order valence-electron chi connectivity index (χ3n) is 4.57. The molecule has 0 aliphatic rings. The number of para-hydroxylation sites is 1. The van der Waals surface area contributed by atoms with E-state index in [1.54, 1.807) is 7.05 Å². The van der Waals surface area contributed by atoms with Gasteiger partial charge in [-0.15, -0.1) is 24.0 Å². The Morgan fingerprint density at radius 1 is 1.19 bits per heavy atom. The summed E-state index contributed by atoms with van der Waals surface area (Å²) in [5.74, 6) is 2.06. The number of aromatic nitrogens is 1. The Bertz CT molecular complexity index is 670. The summed E-state index contributed by atoms with van der Waals surface area (Å²) in [5.41, 5.74) is 2.24. The number of aliphatic imine (C=N–C) groups is 1. The van der Waals surface area contributed by atoms with Crippen LogP contribution in [0, 0.1) is 0 Å². The molecule has 0 atom stereocenters. The van der Waals surface area contributed by atoms with Crippen molar-refractivity contribution in [1.82, 2.24) is 15.8 Å². The Labute approximate surface area is 179 Å². The van der Waals surface area contributed by atoms with Gasteiger partial charge in [0.1, 0.15) is 0 Å². The van der Waals surface area contributed by atoms with E-state index in [9.17, 15) is 0 Å². The zero-order valence-electron chi connectivity index (χ0n) is 16.7. The van der Waals surface area contributed by atoms with E-state index >= 15 is 0 Å². The molecule has 0 unspecified atom stereocenters. The normalized spacial score (nSPS) is 11.2. The molecule has 0 spiro atoms. The molecule has 0 amide bonds. The molecule has 1 heterocycles. The first kappa shape index (κ1) is 23.3. The van der Waals surface area contributed by atoms with Crippen molar-refractivity contribution in [2.45, 2.75) is 39.2 Å². The molecule has 0 saturated carbocycles. The number of benzene rings is 1. The van der Waals surface area contributed by atoms with Gasteiger partial charge in [-0.25, -0.2) is 0 Å². The molecule has 0 radical (unpaired) electrons. The lowest BCUT2D eigenvalue weighted by Gasteiger charge is -2.20. The van der Waals surface area contributed by atoms with E-state index in [-0.39, 0.29) is 24.0 Å². The van der Waals surface area contributed by atoms with Crippen LogP contribution in [0.3, 0.4) is 0 Å². The summed E-state index contributed by atoms with van der Waals surface area (Å²) in [6.45, 7) is 6.60. The second kappa shape index (κ2) is 12.6. The first-order valence-electron chi connectivity index (χ1n) is 9.34. The highest BCUT2D eigenvalue weighted by Gasteiger charge is 2.13. The predicted octanol–water partition coefficient (Wildman–Crippen LogP) is 4.00. The van der Waals surface area contributed by atoms with E-state index in [0.717, 1.165) is 43.3 Å². The summed E-state index contributed by atoms with van der Waals surface area (Å²) in [6, 6.07) is 12.4. The Morgan fingerprint density at radius 3 is 2.52 bits per heavy atom. The van der Waals surface area contributed by atoms with Gasteiger partial charge >= 0.3 is 0 Å². The topological polar surface area (TPSA) is 65.7 Å². The molecular formula is C20H32IN5O. The molecule has 0 aliphatic heterocycles. The summed E-state index contributed by atoms with van der Waals surface area (Å²) >= 11 is 0. The van der Waals surface area contributed by atoms with Crippen molar-refractivity contribution in [2.75, 3.05) is 32.1 Å². The van der Waals surface area contributed by atoms with Crippen molar-refractivity contribution in [3.63, 3.8) is 0 Å². The molecule has 1 aromatic carbocycles. The highest BCUT2D eigenvalue weighted by atomic mass is 127. The lowest BCUT2D eigenvalue weighted by Crippen LogP contribution is -2.40. The van der Waals surface area contributed by atoms with Gasteiger partial charge in [-0.05, 0) is 25.0 Å². The highest BCUT2D eigenvalue weighted by Crippen LogP contribution is 2.22. The van der Waals surface area contributed by atoms with Gasteiger partial charge in [-0.1, -0.05) is 37.2 Å². The number of halogens is 1. The average Bonchev–Trinajstić information content (AvgIpc) is 3.14. The fraction of sp³-hybridized carbons (Fsp3) is 0.500. The number of hydrogen-bond acceptors (Lipinski definition) is 4. The van der Waals surface area contributed by atoms with E-state index < -0.39 is 0 Å². The minimum absolute atomic E-state index is 0. The van der Waals surface area contributed by atoms with Gasteiger partial charge in [-0.2, -0.15) is 0 Å². The molecule has 150 valence electrons. The Morgan fingerprint density at radius 2 is 1.89 bits per heavy atom. The molecule has 27 heavy (non-hydrogen) atoms. The number of rotatable bonds is 9. The quantitative estimate of drug-likeness (QED) is 0.320. The number of nitrogens with zero attached hydrogens (tertiary/aromatic N) is 3. The summed E-state index contributed by atoms with van der Waals surface area (Å²) in [6.07, 6.45) is 2.15. The van der Waals surface area contributed by atoms with Crippen LogP contribution in [0.15, 0.2) is 45.9 Å². The number of guanidine groups is 1. The van der Waals surface area contributed by atoms with Crippen LogP contribution in [0.5, 0.6) is 0 Å². The van der Waals surface area contributed by atoms with E-state index in [0.29, 0.717) is 12.5 Å².